The van der Waals surface area contributed by atoms with E-state index in [9.17, 15) is 9.59 Å². The minimum absolute atomic E-state index is 0.302. The molecule has 4 heteroatoms. The molecule has 0 N–H and O–H groups in total. The fourth-order valence-corrected chi connectivity index (χ4v) is 1.38. The number of carbonyl (C=O) groups excluding carboxylic acids is 2. The molecule has 0 radical (unpaired) electrons. The van der Waals surface area contributed by atoms with Crippen molar-refractivity contribution in [2.45, 2.75) is 26.1 Å². The van der Waals surface area contributed by atoms with Gasteiger partial charge in [-0.2, -0.15) is 0 Å². The van der Waals surface area contributed by atoms with Crippen molar-refractivity contribution in [3.05, 3.63) is 48.7 Å². The fraction of sp³-hybridized carbons (Fsp3) is 0.286. The van der Waals surface area contributed by atoms with E-state index in [1.165, 1.54) is 6.26 Å². The van der Waals surface area contributed by atoms with E-state index >= 15 is 0 Å². The molecule has 1 aromatic carbocycles. The number of hydrogen-bond acceptors (Lipinski definition) is 4. The molecule has 0 aliphatic rings. The first kappa shape index (κ1) is 14.0. The molecule has 0 aromatic heterocycles. The topological polar surface area (TPSA) is 52.6 Å². The predicted octanol–water partition coefficient (Wildman–Crippen LogP) is 2.70. The van der Waals surface area contributed by atoms with Gasteiger partial charge in [-0.15, -0.1) is 0 Å². The summed E-state index contributed by atoms with van der Waals surface area (Å²) < 4.78 is 9.97. The van der Waals surface area contributed by atoms with Crippen molar-refractivity contribution in [2.24, 2.45) is 0 Å². The van der Waals surface area contributed by atoms with Gasteiger partial charge in [-0.3, -0.25) is 4.79 Å². The molecule has 1 rings (SSSR count). The molecule has 0 aliphatic carbocycles. The van der Waals surface area contributed by atoms with Crippen LogP contribution in [0.5, 0.6) is 0 Å². The molecule has 0 bridgehead atoms. The molecule has 0 spiro atoms. The second-order valence-electron chi connectivity index (χ2n) is 3.62. The second-order valence-corrected chi connectivity index (χ2v) is 3.62. The number of ether oxygens (including phenoxy) is 2. The van der Waals surface area contributed by atoms with E-state index in [0.717, 1.165) is 6.42 Å². The highest BCUT2D eigenvalue weighted by atomic mass is 16.7. The van der Waals surface area contributed by atoms with Crippen molar-refractivity contribution in [3.8, 4) is 0 Å². The average Bonchev–Trinajstić information content (AvgIpc) is 2.39. The molecule has 0 heterocycles. The molecule has 0 aliphatic heterocycles. The summed E-state index contributed by atoms with van der Waals surface area (Å²) in [6, 6.07) is 8.26. The number of Topliss-reactive ketones (excluding diaryl/α,β-unsaturated/α-hetero) is 1. The summed E-state index contributed by atoms with van der Waals surface area (Å²) in [5.41, 5.74) is 0.302. The summed E-state index contributed by atoms with van der Waals surface area (Å²) >= 11 is 0. The zero-order valence-electron chi connectivity index (χ0n) is 10.3. The summed E-state index contributed by atoms with van der Waals surface area (Å²) in [5, 5.41) is 0. The quantitative estimate of drug-likeness (QED) is 0.245. The van der Waals surface area contributed by atoms with Crippen molar-refractivity contribution in [1.29, 1.82) is 0 Å². The summed E-state index contributed by atoms with van der Waals surface area (Å²) in [7, 11) is 0. The number of carbonyl (C=O) groups is 2. The van der Waals surface area contributed by atoms with Gasteiger partial charge in [0.2, 0.25) is 6.29 Å². The van der Waals surface area contributed by atoms with Gasteiger partial charge < -0.3 is 9.47 Å². The van der Waals surface area contributed by atoms with Crippen LogP contribution in [0.3, 0.4) is 0 Å². The van der Waals surface area contributed by atoms with Gasteiger partial charge in [0.1, 0.15) is 0 Å². The van der Waals surface area contributed by atoms with Crippen LogP contribution in [0, 0.1) is 0 Å². The molecule has 4 nitrogen and oxygen atoms in total. The minimum atomic E-state index is -0.915. The highest BCUT2D eigenvalue weighted by Gasteiger charge is 2.22. The minimum Gasteiger partial charge on any atom is -0.463 e. The van der Waals surface area contributed by atoms with E-state index in [1.54, 1.807) is 30.3 Å². The predicted molar refractivity (Wildman–Crippen MR) is 66.8 cm³/mol. The molecule has 0 saturated carbocycles. The Hall–Kier alpha value is -2.10. The van der Waals surface area contributed by atoms with Crippen LogP contribution in [0.15, 0.2) is 43.2 Å². The van der Waals surface area contributed by atoms with Crippen LogP contribution in [0.2, 0.25) is 0 Å². The van der Waals surface area contributed by atoms with Gasteiger partial charge in [0, 0.05) is 12.0 Å². The second kappa shape index (κ2) is 7.27. The van der Waals surface area contributed by atoms with Gasteiger partial charge in [-0.25, -0.2) is 4.79 Å². The molecular formula is C14H16O4. The maximum absolute atomic E-state index is 11.7. The van der Waals surface area contributed by atoms with E-state index in [2.05, 4.69) is 6.58 Å². The van der Waals surface area contributed by atoms with Crippen LogP contribution < -0.4 is 0 Å². The third kappa shape index (κ3) is 4.05. The highest BCUT2D eigenvalue weighted by molar-refractivity contribution is 6.40. The van der Waals surface area contributed by atoms with E-state index in [4.69, 9.17) is 9.47 Å². The van der Waals surface area contributed by atoms with Crippen molar-refractivity contribution in [3.63, 3.8) is 0 Å². The monoisotopic (exact) mass is 248 g/mol. The molecule has 1 aromatic rings. The summed E-state index contributed by atoms with van der Waals surface area (Å²) in [5.74, 6) is -1.59. The number of benzene rings is 1. The molecule has 0 saturated heterocycles. The Kier molecular flexibility index (Phi) is 5.64. The number of ketones is 1. The van der Waals surface area contributed by atoms with Gasteiger partial charge in [-0.05, 0) is 6.42 Å². The van der Waals surface area contributed by atoms with E-state index in [-0.39, 0.29) is 0 Å². The standard InChI is InChI=1S/C14H16O4/c1-3-8-12(17-4-2)18-14(16)13(15)11-9-6-5-7-10-11/h4-7,9-10,12H,2-3,8H2,1H3. The summed E-state index contributed by atoms with van der Waals surface area (Å²) in [4.78, 5) is 23.4. The lowest BCUT2D eigenvalue weighted by Crippen LogP contribution is -2.25. The first-order valence-corrected chi connectivity index (χ1v) is 5.75. The maximum atomic E-state index is 11.7. The van der Waals surface area contributed by atoms with E-state index in [0.29, 0.717) is 12.0 Å². The Labute approximate surface area is 106 Å². The van der Waals surface area contributed by atoms with Gasteiger partial charge in [0.15, 0.2) is 0 Å². The Bertz CT molecular complexity index is 411. The van der Waals surface area contributed by atoms with Crippen molar-refractivity contribution < 1.29 is 19.1 Å². The Morgan fingerprint density at radius 3 is 2.56 bits per heavy atom. The van der Waals surface area contributed by atoms with E-state index < -0.39 is 18.0 Å². The maximum Gasteiger partial charge on any atom is 0.382 e. The molecule has 18 heavy (non-hydrogen) atoms. The molecule has 0 fully saturated rings. The Balaban J connectivity index is 2.64. The van der Waals surface area contributed by atoms with Crippen LogP contribution in [0.1, 0.15) is 30.1 Å². The van der Waals surface area contributed by atoms with Gasteiger partial charge >= 0.3 is 5.97 Å². The first-order valence-electron chi connectivity index (χ1n) is 5.75. The smallest absolute Gasteiger partial charge is 0.382 e. The van der Waals surface area contributed by atoms with Crippen LogP contribution in [0.25, 0.3) is 0 Å². The lowest BCUT2D eigenvalue weighted by molar-refractivity contribution is -0.163. The third-order valence-corrected chi connectivity index (χ3v) is 2.23. The zero-order valence-corrected chi connectivity index (χ0v) is 10.3. The summed E-state index contributed by atoms with van der Waals surface area (Å²) in [6.07, 6.45) is 1.72. The highest BCUT2D eigenvalue weighted by Crippen LogP contribution is 2.08. The van der Waals surface area contributed by atoms with Gasteiger partial charge in [0.25, 0.3) is 5.78 Å². The SMILES string of the molecule is C=COC(CCC)OC(=O)C(=O)c1ccccc1. The zero-order chi connectivity index (χ0) is 13.4. The molecule has 1 atom stereocenters. The normalized spacial score (nSPS) is 11.4. The number of rotatable bonds is 7. The molecule has 1 unspecified atom stereocenters. The average molecular weight is 248 g/mol. The fourth-order valence-electron chi connectivity index (χ4n) is 1.38. The van der Waals surface area contributed by atoms with Gasteiger partial charge in [0.05, 0.1) is 6.26 Å². The lowest BCUT2D eigenvalue weighted by Gasteiger charge is -2.15. The van der Waals surface area contributed by atoms with Gasteiger partial charge in [-0.1, -0.05) is 43.8 Å². The number of hydrogen-bond donors (Lipinski definition) is 0. The van der Waals surface area contributed by atoms with Crippen LogP contribution in [-0.2, 0) is 14.3 Å². The molecule has 96 valence electrons. The molecule has 0 amide bonds. The third-order valence-electron chi connectivity index (χ3n) is 2.23. The molecular weight excluding hydrogens is 232 g/mol. The largest absolute Gasteiger partial charge is 0.463 e. The Morgan fingerprint density at radius 1 is 1.33 bits per heavy atom. The van der Waals surface area contributed by atoms with Crippen LogP contribution >= 0.6 is 0 Å². The number of esters is 1. The lowest BCUT2D eigenvalue weighted by atomic mass is 10.1. The Morgan fingerprint density at radius 2 is 2.00 bits per heavy atom. The van der Waals surface area contributed by atoms with Crippen LogP contribution in [-0.4, -0.2) is 18.0 Å². The van der Waals surface area contributed by atoms with Crippen molar-refractivity contribution in [2.75, 3.05) is 0 Å². The van der Waals surface area contributed by atoms with Crippen molar-refractivity contribution >= 4 is 11.8 Å². The summed E-state index contributed by atoms with van der Waals surface area (Å²) in [6.45, 7) is 5.32. The van der Waals surface area contributed by atoms with E-state index in [1.807, 2.05) is 6.92 Å². The van der Waals surface area contributed by atoms with Crippen molar-refractivity contribution in [1.82, 2.24) is 0 Å². The first-order chi connectivity index (χ1) is 8.69. The van der Waals surface area contributed by atoms with Crippen LogP contribution in [0.4, 0.5) is 0 Å².